The predicted octanol–water partition coefficient (Wildman–Crippen LogP) is 4.56. The molecule has 1 aromatic carbocycles. The maximum atomic E-state index is 11.5. The number of carbonyl (C=O) groups excluding carboxylic acids is 1. The van der Waals surface area contributed by atoms with E-state index in [1.54, 1.807) is 25.3 Å². The van der Waals surface area contributed by atoms with Crippen LogP contribution in [0.4, 0.5) is 14.8 Å². The summed E-state index contributed by atoms with van der Waals surface area (Å²) in [6, 6.07) is 6.51. The average Bonchev–Trinajstić information content (AvgIpc) is 2.93. The van der Waals surface area contributed by atoms with Crippen molar-refractivity contribution in [1.29, 1.82) is 5.26 Å². The topological polar surface area (TPSA) is 91.4 Å². The Labute approximate surface area is 166 Å². The van der Waals surface area contributed by atoms with Crippen LogP contribution < -0.4 is 16.0 Å². The molecule has 6 nitrogen and oxygen atoms in total. The monoisotopic (exact) mass is 412 g/mol. The molecule has 1 aromatic heterocycles. The summed E-state index contributed by atoms with van der Waals surface area (Å²) in [7, 11) is 1.62. The summed E-state index contributed by atoms with van der Waals surface area (Å²) in [5, 5.41) is 14.5. The Kier molecular flexibility index (Phi) is 7.12. The van der Waals surface area contributed by atoms with Crippen LogP contribution in [0.5, 0.6) is 0 Å². The number of anilines is 2. The first kappa shape index (κ1) is 20.3. The highest BCUT2D eigenvalue weighted by molar-refractivity contribution is 7.21. The van der Waals surface area contributed by atoms with Crippen LogP contribution in [0.1, 0.15) is 12.5 Å². The molecular formula is C17H18Cl2N4O2S. The van der Waals surface area contributed by atoms with E-state index in [9.17, 15) is 10.1 Å². The number of hydrogen-bond acceptors (Lipinski definition) is 5. The van der Waals surface area contributed by atoms with E-state index < -0.39 is 6.03 Å². The van der Waals surface area contributed by atoms with Crippen LogP contribution >= 0.6 is 34.5 Å². The number of thiophene rings is 1. The number of urea groups is 1. The SMILES string of the molecule is CCN(CCOC)c1sc(NC(N)=O)c(-c2ccc(Cl)cc2Cl)c1C#N. The number of nitriles is 1. The van der Waals surface area contributed by atoms with Crippen LogP contribution in [0.3, 0.4) is 0 Å². The molecule has 3 N–H and O–H groups in total. The lowest BCUT2D eigenvalue weighted by Crippen LogP contribution is -2.26. The maximum Gasteiger partial charge on any atom is 0.317 e. The molecule has 0 bridgehead atoms. The minimum Gasteiger partial charge on any atom is -0.383 e. The van der Waals surface area contributed by atoms with Crippen LogP contribution in [-0.2, 0) is 4.74 Å². The van der Waals surface area contributed by atoms with Crippen LogP contribution in [0.25, 0.3) is 11.1 Å². The number of primary amides is 1. The molecule has 0 fully saturated rings. The Balaban J connectivity index is 2.68. The van der Waals surface area contributed by atoms with Crippen molar-refractivity contribution in [3.8, 4) is 17.2 Å². The summed E-state index contributed by atoms with van der Waals surface area (Å²) in [5.41, 5.74) is 6.86. The van der Waals surface area contributed by atoms with Gasteiger partial charge in [0.05, 0.1) is 17.2 Å². The quantitative estimate of drug-likeness (QED) is 0.696. The van der Waals surface area contributed by atoms with Crippen molar-refractivity contribution in [2.24, 2.45) is 5.73 Å². The number of methoxy groups -OCH3 is 1. The Hall–Kier alpha value is -1.98. The fourth-order valence-corrected chi connectivity index (χ4v) is 4.26. The van der Waals surface area contributed by atoms with E-state index in [4.69, 9.17) is 33.7 Å². The van der Waals surface area contributed by atoms with Gasteiger partial charge in [0.2, 0.25) is 0 Å². The molecule has 0 aliphatic carbocycles. The first-order chi connectivity index (χ1) is 12.4. The van der Waals surface area contributed by atoms with Gasteiger partial charge in [-0.05, 0) is 19.1 Å². The number of nitrogens with two attached hydrogens (primary N) is 1. The van der Waals surface area contributed by atoms with Gasteiger partial charge >= 0.3 is 6.03 Å². The van der Waals surface area contributed by atoms with Gasteiger partial charge in [-0.25, -0.2) is 4.79 Å². The number of rotatable bonds is 7. The number of halogens is 2. The van der Waals surface area contributed by atoms with Gasteiger partial charge in [0.1, 0.15) is 16.1 Å². The Morgan fingerprint density at radius 2 is 2.19 bits per heavy atom. The summed E-state index contributed by atoms with van der Waals surface area (Å²) in [6.07, 6.45) is 0. The van der Waals surface area contributed by atoms with E-state index >= 15 is 0 Å². The molecule has 0 atom stereocenters. The normalized spacial score (nSPS) is 10.4. The van der Waals surface area contributed by atoms with E-state index in [1.165, 1.54) is 11.3 Å². The van der Waals surface area contributed by atoms with E-state index in [2.05, 4.69) is 11.4 Å². The van der Waals surface area contributed by atoms with Crippen molar-refractivity contribution in [3.63, 3.8) is 0 Å². The van der Waals surface area contributed by atoms with E-state index in [-0.39, 0.29) is 0 Å². The summed E-state index contributed by atoms with van der Waals surface area (Å²) < 4.78 is 5.14. The predicted molar refractivity (Wildman–Crippen MR) is 107 cm³/mol. The molecule has 2 rings (SSSR count). The third-order valence-electron chi connectivity index (χ3n) is 3.67. The zero-order valence-corrected chi connectivity index (χ0v) is 16.6. The minimum absolute atomic E-state index is 0.380. The zero-order chi connectivity index (χ0) is 19.3. The standard InChI is InChI=1S/C17H18Cl2N4O2S/c1-3-23(6-7-25-2)16-12(9-20)14(15(26-16)22-17(21)24)11-5-4-10(18)8-13(11)19/h4-5,8H,3,6-7H2,1-2H3,(H3,21,22,24). The second-order valence-corrected chi connectivity index (χ2v) is 7.13. The van der Waals surface area contributed by atoms with Crippen LogP contribution in [-0.4, -0.2) is 32.8 Å². The van der Waals surface area contributed by atoms with E-state index in [1.807, 2.05) is 11.8 Å². The second-order valence-electron chi connectivity index (χ2n) is 5.28. The summed E-state index contributed by atoms with van der Waals surface area (Å²) in [5.74, 6) is 0. The highest BCUT2D eigenvalue weighted by Gasteiger charge is 2.25. The molecule has 0 saturated carbocycles. The summed E-state index contributed by atoms with van der Waals surface area (Å²) in [6.45, 7) is 3.76. The van der Waals surface area contributed by atoms with Crippen molar-refractivity contribution in [1.82, 2.24) is 0 Å². The third kappa shape index (κ3) is 4.40. The van der Waals surface area contributed by atoms with Crippen molar-refractivity contribution in [2.45, 2.75) is 6.92 Å². The highest BCUT2D eigenvalue weighted by Crippen LogP contribution is 2.47. The molecule has 9 heteroatoms. The molecule has 1 heterocycles. The number of carbonyl (C=O) groups is 1. The Bertz CT molecular complexity index is 848. The van der Waals surface area contributed by atoms with Gasteiger partial charge in [-0.3, -0.25) is 5.32 Å². The smallest absolute Gasteiger partial charge is 0.317 e. The zero-order valence-electron chi connectivity index (χ0n) is 14.3. The first-order valence-corrected chi connectivity index (χ1v) is 9.32. The molecule has 0 spiro atoms. The van der Waals surface area contributed by atoms with Crippen molar-refractivity contribution in [2.75, 3.05) is 37.0 Å². The number of nitrogens with zero attached hydrogens (tertiary/aromatic N) is 2. The molecule has 0 radical (unpaired) electrons. The van der Waals surface area contributed by atoms with Gasteiger partial charge in [-0.15, -0.1) is 0 Å². The number of nitrogens with one attached hydrogen (secondary N) is 1. The van der Waals surface area contributed by atoms with Gasteiger partial charge in [0.15, 0.2) is 0 Å². The van der Waals surface area contributed by atoms with Crippen molar-refractivity contribution in [3.05, 3.63) is 33.8 Å². The molecular weight excluding hydrogens is 395 g/mol. The van der Waals surface area contributed by atoms with Gasteiger partial charge < -0.3 is 15.4 Å². The summed E-state index contributed by atoms with van der Waals surface area (Å²) in [4.78, 5) is 13.5. The lowest BCUT2D eigenvalue weighted by atomic mass is 10.0. The lowest BCUT2D eigenvalue weighted by molar-refractivity contribution is 0.205. The largest absolute Gasteiger partial charge is 0.383 e. The lowest BCUT2D eigenvalue weighted by Gasteiger charge is -2.21. The first-order valence-electron chi connectivity index (χ1n) is 7.75. The molecule has 0 saturated heterocycles. The molecule has 0 aliphatic rings. The van der Waals surface area contributed by atoms with Gasteiger partial charge in [0, 0.05) is 36.3 Å². The van der Waals surface area contributed by atoms with Crippen molar-refractivity contribution >= 4 is 50.6 Å². The Morgan fingerprint density at radius 1 is 1.46 bits per heavy atom. The molecule has 138 valence electrons. The number of hydrogen-bond donors (Lipinski definition) is 2. The van der Waals surface area contributed by atoms with Crippen LogP contribution in [0, 0.1) is 11.3 Å². The summed E-state index contributed by atoms with van der Waals surface area (Å²) >= 11 is 13.6. The van der Waals surface area contributed by atoms with Gasteiger partial charge in [-0.1, -0.05) is 40.6 Å². The van der Waals surface area contributed by atoms with Crippen molar-refractivity contribution < 1.29 is 9.53 Å². The molecule has 0 aliphatic heterocycles. The average molecular weight is 413 g/mol. The fourth-order valence-electron chi connectivity index (χ4n) is 2.50. The van der Waals surface area contributed by atoms with Gasteiger partial charge in [-0.2, -0.15) is 5.26 Å². The number of likely N-dealkylation sites (N-methyl/N-ethyl adjacent to an activating group) is 1. The van der Waals surface area contributed by atoms with E-state index in [0.717, 1.165) is 5.00 Å². The highest BCUT2D eigenvalue weighted by atomic mass is 35.5. The van der Waals surface area contributed by atoms with Crippen LogP contribution in [0.2, 0.25) is 10.0 Å². The minimum atomic E-state index is -0.714. The third-order valence-corrected chi connectivity index (χ3v) is 5.39. The molecule has 2 amide bonds. The number of amides is 2. The number of benzene rings is 1. The maximum absolute atomic E-state index is 11.5. The molecule has 2 aromatic rings. The Morgan fingerprint density at radius 3 is 2.73 bits per heavy atom. The number of ether oxygens (including phenoxy) is 1. The van der Waals surface area contributed by atoms with E-state index in [0.29, 0.717) is 51.4 Å². The molecule has 0 unspecified atom stereocenters. The molecule has 26 heavy (non-hydrogen) atoms. The van der Waals surface area contributed by atoms with Gasteiger partial charge in [0.25, 0.3) is 0 Å². The second kappa shape index (κ2) is 9.10. The fraction of sp³-hybridized carbons (Fsp3) is 0.294. The van der Waals surface area contributed by atoms with Crippen LogP contribution in [0.15, 0.2) is 18.2 Å².